The minimum Gasteiger partial charge on any atom is -0.465 e. The number of thiophene rings is 1. The van der Waals surface area contributed by atoms with E-state index in [-0.39, 0.29) is 11.0 Å². The molecule has 0 aliphatic carbocycles. The van der Waals surface area contributed by atoms with E-state index >= 15 is 0 Å². The highest BCUT2D eigenvalue weighted by Crippen LogP contribution is 2.34. The van der Waals surface area contributed by atoms with Crippen molar-refractivity contribution in [2.45, 2.75) is 34.6 Å². The van der Waals surface area contributed by atoms with Gasteiger partial charge in [-0.25, -0.2) is 14.8 Å². The molecule has 0 fully saturated rings. The maximum Gasteiger partial charge on any atom is 0.341 e. The van der Waals surface area contributed by atoms with Gasteiger partial charge in [-0.2, -0.15) is 0 Å². The average molecular weight is 436 g/mol. The highest BCUT2D eigenvalue weighted by atomic mass is 32.1. The molecule has 0 bridgehead atoms. The fourth-order valence-electron chi connectivity index (χ4n) is 2.83. The summed E-state index contributed by atoms with van der Waals surface area (Å²) in [6.07, 6.45) is 0. The summed E-state index contributed by atoms with van der Waals surface area (Å²) in [6, 6.07) is 1.85. The molecule has 0 saturated carbocycles. The summed E-state index contributed by atoms with van der Waals surface area (Å²) < 4.78 is 4.91. The van der Waals surface area contributed by atoms with E-state index in [9.17, 15) is 9.59 Å². The Bertz CT molecular complexity index is 918. The molecule has 2 heterocycles. The number of esters is 1. The van der Waals surface area contributed by atoms with Crippen LogP contribution in [0.1, 0.15) is 50.8 Å². The number of anilines is 2. The van der Waals surface area contributed by atoms with E-state index in [4.69, 9.17) is 17.0 Å². The normalized spacial score (nSPS) is 10.4. The van der Waals surface area contributed by atoms with Gasteiger partial charge in [0.25, 0.3) is 5.91 Å². The second kappa shape index (κ2) is 9.75. The topological polar surface area (TPSA) is 96.5 Å². The third-order valence-corrected chi connectivity index (χ3v) is 5.62. The summed E-state index contributed by atoms with van der Waals surface area (Å²) in [5, 5.41) is 6.56. The zero-order chi connectivity index (χ0) is 21.7. The van der Waals surface area contributed by atoms with Crippen molar-refractivity contribution in [1.82, 2.24) is 14.9 Å². The molecule has 8 nitrogen and oxygen atoms in total. The molecule has 29 heavy (non-hydrogen) atoms. The van der Waals surface area contributed by atoms with Gasteiger partial charge in [0.05, 0.1) is 17.6 Å². The molecule has 0 aliphatic heterocycles. The number of methoxy groups -OCH3 is 1. The van der Waals surface area contributed by atoms with Gasteiger partial charge in [-0.3, -0.25) is 4.79 Å². The Hall–Kier alpha value is -2.59. The van der Waals surface area contributed by atoms with Crippen LogP contribution in [0.4, 0.5) is 10.9 Å². The largest absolute Gasteiger partial charge is 0.465 e. The van der Waals surface area contributed by atoms with Crippen molar-refractivity contribution in [1.29, 1.82) is 0 Å². The number of carbonyl (C=O) groups excluding carboxylic acids is 2. The zero-order valence-electron chi connectivity index (χ0n) is 17.4. The SMILES string of the molecule is CCN(CC)C(=O)c1sc(NC(=S)Nc2nc(C)cc(C)n2)c(C(=O)OC)c1C. The maximum absolute atomic E-state index is 12.8. The summed E-state index contributed by atoms with van der Waals surface area (Å²) in [7, 11) is 1.30. The van der Waals surface area contributed by atoms with E-state index in [1.807, 2.05) is 33.8 Å². The van der Waals surface area contributed by atoms with Crippen molar-refractivity contribution in [3.05, 3.63) is 33.5 Å². The minimum atomic E-state index is -0.537. The smallest absolute Gasteiger partial charge is 0.341 e. The van der Waals surface area contributed by atoms with Crippen LogP contribution in [0.2, 0.25) is 0 Å². The molecule has 0 unspecified atom stereocenters. The van der Waals surface area contributed by atoms with Crippen LogP contribution in [0, 0.1) is 20.8 Å². The van der Waals surface area contributed by atoms with Crippen LogP contribution in [0.3, 0.4) is 0 Å². The van der Waals surface area contributed by atoms with Crippen molar-refractivity contribution in [2.24, 2.45) is 0 Å². The van der Waals surface area contributed by atoms with Gasteiger partial charge < -0.3 is 20.3 Å². The van der Waals surface area contributed by atoms with Crippen LogP contribution in [-0.2, 0) is 4.74 Å². The number of carbonyl (C=O) groups is 2. The number of aromatic nitrogens is 2. The molecule has 0 spiro atoms. The van der Waals surface area contributed by atoms with E-state index in [1.165, 1.54) is 18.4 Å². The molecule has 0 radical (unpaired) electrons. The number of rotatable bonds is 6. The predicted molar refractivity (Wildman–Crippen MR) is 119 cm³/mol. The zero-order valence-corrected chi connectivity index (χ0v) is 19.0. The number of hydrogen-bond donors (Lipinski definition) is 2. The van der Waals surface area contributed by atoms with Gasteiger partial charge in [-0.15, -0.1) is 11.3 Å². The highest BCUT2D eigenvalue weighted by Gasteiger charge is 2.27. The lowest BCUT2D eigenvalue weighted by Crippen LogP contribution is -2.30. The lowest BCUT2D eigenvalue weighted by Gasteiger charge is -2.17. The average Bonchev–Trinajstić information content (AvgIpc) is 2.96. The Labute approximate surface area is 179 Å². The van der Waals surface area contributed by atoms with Gasteiger partial charge in [0.15, 0.2) is 5.11 Å². The van der Waals surface area contributed by atoms with Crippen molar-refractivity contribution in [2.75, 3.05) is 30.8 Å². The molecule has 1 amide bonds. The van der Waals surface area contributed by atoms with Crippen LogP contribution in [0.5, 0.6) is 0 Å². The first kappa shape index (κ1) is 22.7. The standard InChI is InChI=1S/C19H25N5O3S2/c1-7-24(8-2)16(25)14-12(5)13(17(26)27-6)15(29-14)22-19(28)23-18-20-10(3)9-11(4)21-18/h9H,7-8H2,1-6H3,(H2,20,21,22,23,28). The number of ether oxygens (including phenoxy) is 1. The second-order valence-corrected chi connectivity index (χ2v) is 7.71. The van der Waals surface area contributed by atoms with Crippen LogP contribution < -0.4 is 10.6 Å². The van der Waals surface area contributed by atoms with E-state index in [1.54, 1.807) is 11.8 Å². The lowest BCUT2D eigenvalue weighted by atomic mass is 10.1. The number of thiocarbonyl (C=S) groups is 1. The van der Waals surface area contributed by atoms with E-state index in [0.717, 1.165) is 11.4 Å². The summed E-state index contributed by atoms with van der Waals surface area (Å²) in [5.74, 6) is -0.315. The summed E-state index contributed by atoms with van der Waals surface area (Å²) in [5.41, 5.74) is 2.46. The monoisotopic (exact) mass is 435 g/mol. The molecule has 156 valence electrons. The van der Waals surface area contributed by atoms with Crippen molar-refractivity contribution in [3.8, 4) is 0 Å². The van der Waals surface area contributed by atoms with Crippen LogP contribution in [0.15, 0.2) is 6.07 Å². The molecule has 2 N–H and O–H groups in total. The van der Waals surface area contributed by atoms with Crippen LogP contribution in [0.25, 0.3) is 0 Å². The molecule has 0 atom stereocenters. The van der Waals surface area contributed by atoms with Gasteiger partial charge in [0.2, 0.25) is 5.95 Å². The van der Waals surface area contributed by atoms with Gasteiger partial charge in [0.1, 0.15) is 5.00 Å². The number of amides is 1. The third kappa shape index (κ3) is 5.27. The first-order chi connectivity index (χ1) is 13.7. The van der Waals surface area contributed by atoms with Crippen LogP contribution >= 0.6 is 23.6 Å². The molecule has 0 aliphatic rings. The Morgan fingerprint density at radius 2 is 1.72 bits per heavy atom. The summed E-state index contributed by atoms with van der Waals surface area (Å²) >= 11 is 6.53. The highest BCUT2D eigenvalue weighted by molar-refractivity contribution is 7.80. The number of nitrogens with one attached hydrogen (secondary N) is 2. The molecule has 10 heteroatoms. The lowest BCUT2D eigenvalue weighted by molar-refractivity contribution is 0.0601. The Kier molecular flexibility index (Phi) is 7.63. The Morgan fingerprint density at radius 3 is 2.24 bits per heavy atom. The minimum absolute atomic E-state index is 0.132. The number of hydrogen-bond acceptors (Lipinski definition) is 7. The number of aryl methyl sites for hydroxylation is 2. The van der Waals surface area contributed by atoms with Crippen molar-refractivity contribution in [3.63, 3.8) is 0 Å². The van der Waals surface area contributed by atoms with E-state index < -0.39 is 5.97 Å². The second-order valence-electron chi connectivity index (χ2n) is 6.28. The van der Waals surface area contributed by atoms with E-state index in [2.05, 4.69) is 20.6 Å². The first-order valence-electron chi connectivity index (χ1n) is 9.13. The van der Waals surface area contributed by atoms with Gasteiger partial charge >= 0.3 is 5.97 Å². The molecule has 0 saturated heterocycles. The molecular formula is C19H25N5O3S2. The Balaban J connectivity index is 2.35. The van der Waals surface area contributed by atoms with Gasteiger partial charge in [-0.1, -0.05) is 0 Å². The molecule has 2 aromatic rings. The van der Waals surface area contributed by atoms with Gasteiger partial charge in [-0.05, 0) is 58.5 Å². The fourth-order valence-corrected chi connectivity index (χ4v) is 4.25. The van der Waals surface area contributed by atoms with E-state index in [0.29, 0.717) is 40.0 Å². The van der Waals surface area contributed by atoms with Crippen LogP contribution in [-0.4, -0.2) is 52.1 Å². The molecule has 2 rings (SSSR count). The van der Waals surface area contributed by atoms with Crippen molar-refractivity contribution >= 4 is 51.5 Å². The fraction of sp³-hybridized carbons (Fsp3) is 0.421. The predicted octanol–water partition coefficient (Wildman–Crippen LogP) is 3.54. The summed E-state index contributed by atoms with van der Waals surface area (Å²) in [4.78, 5) is 36.0. The molecular weight excluding hydrogens is 410 g/mol. The molecule has 0 aromatic carbocycles. The molecule has 2 aromatic heterocycles. The quantitative estimate of drug-likeness (QED) is 0.525. The van der Waals surface area contributed by atoms with Crippen molar-refractivity contribution < 1.29 is 14.3 Å². The first-order valence-corrected chi connectivity index (χ1v) is 10.3. The van der Waals surface area contributed by atoms with Gasteiger partial charge in [0, 0.05) is 24.5 Å². The number of nitrogens with zero attached hydrogens (tertiary/aromatic N) is 3. The Morgan fingerprint density at radius 1 is 1.14 bits per heavy atom. The third-order valence-electron chi connectivity index (χ3n) is 4.22. The summed E-state index contributed by atoms with van der Waals surface area (Å²) in [6.45, 7) is 10.4. The maximum atomic E-state index is 12.8.